The zero-order valence-corrected chi connectivity index (χ0v) is 11.4. The Morgan fingerprint density at radius 3 is 2.44 bits per heavy atom. The van der Waals surface area contributed by atoms with Crippen LogP contribution < -0.4 is 10.5 Å². The van der Waals surface area contributed by atoms with Crippen molar-refractivity contribution in [2.24, 2.45) is 5.73 Å². The summed E-state index contributed by atoms with van der Waals surface area (Å²) in [5.41, 5.74) is 6.01. The SMILES string of the molecule is CCC(CC)NS(=O)(=O)c1cc(CN)ccc1F. The van der Waals surface area contributed by atoms with E-state index in [9.17, 15) is 12.8 Å². The van der Waals surface area contributed by atoms with Crippen LogP contribution in [0, 0.1) is 5.82 Å². The van der Waals surface area contributed by atoms with Gasteiger partial charge in [-0.2, -0.15) is 0 Å². The molecule has 0 spiro atoms. The Hall–Kier alpha value is -0.980. The van der Waals surface area contributed by atoms with Crippen molar-refractivity contribution in [2.45, 2.75) is 44.2 Å². The summed E-state index contributed by atoms with van der Waals surface area (Å²) in [7, 11) is -3.83. The maximum atomic E-state index is 13.6. The van der Waals surface area contributed by atoms with Crippen LogP contribution in [-0.2, 0) is 16.6 Å². The van der Waals surface area contributed by atoms with Gasteiger partial charge in [-0.25, -0.2) is 17.5 Å². The maximum Gasteiger partial charge on any atom is 0.243 e. The van der Waals surface area contributed by atoms with Crippen molar-refractivity contribution in [1.29, 1.82) is 0 Å². The van der Waals surface area contributed by atoms with Gasteiger partial charge in [0.05, 0.1) is 0 Å². The van der Waals surface area contributed by atoms with Gasteiger partial charge < -0.3 is 5.73 Å². The molecule has 18 heavy (non-hydrogen) atoms. The minimum Gasteiger partial charge on any atom is -0.326 e. The van der Waals surface area contributed by atoms with Crippen molar-refractivity contribution in [3.8, 4) is 0 Å². The van der Waals surface area contributed by atoms with Crippen molar-refractivity contribution in [3.05, 3.63) is 29.6 Å². The fraction of sp³-hybridized carbons (Fsp3) is 0.500. The molecule has 0 atom stereocenters. The highest BCUT2D eigenvalue weighted by atomic mass is 32.2. The van der Waals surface area contributed by atoms with E-state index in [-0.39, 0.29) is 17.5 Å². The van der Waals surface area contributed by atoms with Crippen LogP contribution in [0.5, 0.6) is 0 Å². The second-order valence-electron chi connectivity index (χ2n) is 4.10. The third-order valence-electron chi connectivity index (χ3n) is 2.83. The molecule has 1 aromatic carbocycles. The lowest BCUT2D eigenvalue weighted by Crippen LogP contribution is -2.34. The largest absolute Gasteiger partial charge is 0.326 e. The summed E-state index contributed by atoms with van der Waals surface area (Å²) < 4.78 is 40.2. The summed E-state index contributed by atoms with van der Waals surface area (Å²) in [6.45, 7) is 3.93. The fourth-order valence-electron chi connectivity index (χ4n) is 1.62. The van der Waals surface area contributed by atoms with Gasteiger partial charge in [-0.05, 0) is 30.5 Å². The Kier molecular flexibility index (Phi) is 5.25. The van der Waals surface area contributed by atoms with Gasteiger partial charge in [-0.1, -0.05) is 19.9 Å². The van der Waals surface area contributed by atoms with E-state index in [1.165, 1.54) is 12.1 Å². The summed E-state index contributed by atoms with van der Waals surface area (Å²) in [6, 6.07) is 3.70. The van der Waals surface area contributed by atoms with Crippen LogP contribution in [0.15, 0.2) is 23.1 Å². The molecule has 0 heterocycles. The summed E-state index contributed by atoms with van der Waals surface area (Å²) in [5.74, 6) is -0.759. The molecule has 0 radical (unpaired) electrons. The lowest BCUT2D eigenvalue weighted by molar-refractivity contribution is 0.520. The molecular weight excluding hydrogens is 255 g/mol. The standard InChI is InChI=1S/C12H19FN2O2S/c1-3-10(4-2)15-18(16,17)12-7-9(8-14)5-6-11(12)13/h5-7,10,15H,3-4,8,14H2,1-2H3. The molecule has 0 saturated carbocycles. The van der Waals surface area contributed by atoms with Gasteiger partial charge in [-0.3, -0.25) is 0 Å². The molecule has 1 aromatic rings. The Bertz CT molecular complexity index is 499. The molecule has 0 aromatic heterocycles. The lowest BCUT2D eigenvalue weighted by atomic mass is 10.2. The topological polar surface area (TPSA) is 72.2 Å². The van der Waals surface area contributed by atoms with E-state index in [4.69, 9.17) is 5.73 Å². The predicted molar refractivity (Wildman–Crippen MR) is 69.0 cm³/mol. The highest BCUT2D eigenvalue weighted by molar-refractivity contribution is 7.89. The van der Waals surface area contributed by atoms with Crippen LogP contribution in [0.3, 0.4) is 0 Å². The first-order chi connectivity index (χ1) is 8.44. The number of benzene rings is 1. The Labute approximate surface area is 107 Å². The fourth-order valence-corrected chi connectivity index (χ4v) is 3.15. The van der Waals surface area contributed by atoms with Crippen LogP contribution >= 0.6 is 0 Å². The molecule has 0 amide bonds. The first-order valence-corrected chi connectivity index (χ1v) is 7.43. The highest BCUT2D eigenvalue weighted by Crippen LogP contribution is 2.17. The lowest BCUT2D eigenvalue weighted by Gasteiger charge is -2.15. The van der Waals surface area contributed by atoms with Gasteiger partial charge in [0.15, 0.2) is 0 Å². The van der Waals surface area contributed by atoms with Crippen molar-refractivity contribution in [3.63, 3.8) is 0 Å². The summed E-state index contributed by atoms with van der Waals surface area (Å²) in [4.78, 5) is -0.336. The normalized spacial score (nSPS) is 12.1. The number of sulfonamides is 1. The third kappa shape index (κ3) is 3.51. The molecule has 102 valence electrons. The molecule has 0 unspecified atom stereocenters. The van der Waals surface area contributed by atoms with E-state index >= 15 is 0 Å². The number of hydrogen-bond acceptors (Lipinski definition) is 3. The molecule has 3 N–H and O–H groups in total. The minimum atomic E-state index is -3.83. The van der Waals surface area contributed by atoms with E-state index < -0.39 is 15.8 Å². The first-order valence-electron chi connectivity index (χ1n) is 5.95. The average Bonchev–Trinajstić information content (AvgIpc) is 2.36. The van der Waals surface area contributed by atoms with E-state index in [0.717, 1.165) is 6.07 Å². The van der Waals surface area contributed by atoms with E-state index in [1.807, 2.05) is 13.8 Å². The third-order valence-corrected chi connectivity index (χ3v) is 4.36. The van der Waals surface area contributed by atoms with Gasteiger partial charge in [0.2, 0.25) is 10.0 Å². The summed E-state index contributed by atoms with van der Waals surface area (Å²) in [5, 5.41) is 0. The van der Waals surface area contributed by atoms with Crippen molar-refractivity contribution in [1.82, 2.24) is 4.72 Å². The molecule has 0 aliphatic heterocycles. The van der Waals surface area contributed by atoms with Crippen LogP contribution in [0.2, 0.25) is 0 Å². The number of rotatable bonds is 6. The molecule has 1 rings (SSSR count). The maximum absolute atomic E-state index is 13.6. The van der Waals surface area contributed by atoms with Gasteiger partial charge in [-0.15, -0.1) is 0 Å². The van der Waals surface area contributed by atoms with Gasteiger partial charge in [0, 0.05) is 12.6 Å². The second kappa shape index (κ2) is 6.26. The Balaban J connectivity index is 3.11. The molecule has 6 heteroatoms. The average molecular weight is 274 g/mol. The number of halogens is 1. The van der Waals surface area contributed by atoms with Crippen LogP contribution in [0.4, 0.5) is 4.39 Å². The molecule has 0 aliphatic carbocycles. The molecule has 0 saturated heterocycles. The molecule has 4 nitrogen and oxygen atoms in total. The quantitative estimate of drug-likeness (QED) is 0.830. The molecular formula is C12H19FN2O2S. The van der Waals surface area contributed by atoms with Crippen LogP contribution in [-0.4, -0.2) is 14.5 Å². The van der Waals surface area contributed by atoms with Crippen LogP contribution in [0.1, 0.15) is 32.3 Å². The zero-order chi connectivity index (χ0) is 13.8. The summed E-state index contributed by atoms with van der Waals surface area (Å²) >= 11 is 0. The van der Waals surface area contributed by atoms with E-state index in [1.54, 1.807) is 0 Å². The zero-order valence-electron chi connectivity index (χ0n) is 10.6. The van der Waals surface area contributed by atoms with E-state index in [0.29, 0.717) is 18.4 Å². The molecule has 0 fully saturated rings. The van der Waals surface area contributed by atoms with Crippen molar-refractivity contribution < 1.29 is 12.8 Å². The smallest absolute Gasteiger partial charge is 0.243 e. The number of nitrogens with two attached hydrogens (primary N) is 1. The van der Waals surface area contributed by atoms with Crippen molar-refractivity contribution in [2.75, 3.05) is 0 Å². The first kappa shape index (κ1) is 15.1. The second-order valence-corrected chi connectivity index (χ2v) is 5.79. The van der Waals surface area contributed by atoms with E-state index in [2.05, 4.69) is 4.72 Å². The van der Waals surface area contributed by atoms with Gasteiger partial charge >= 0.3 is 0 Å². The van der Waals surface area contributed by atoms with Crippen molar-refractivity contribution >= 4 is 10.0 Å². The molecule has 0 aliphatic rings. The molecule has 0 bridgehead atoms. The van der Waals surface area contributed by atoms with Gasteiger partial charge in [0.25, 0.3) is 0 Å². The monoisotopic (exact) mass is 274 g/mol. The van der Waals surface area contributed by atoms with Gasteiger partial charge in [0.1, 0.15) is 10.7 Å². The minimum absolute atomic E-state index is 0.174. The highest BCUT2D eigenvalue weighted by Gasteiger charge is 2.22. The Morgan fingerprint density at radius 2 is 1.94 bits per heavy atom. The Morgan fingerprint density at radius 1 is 1.33 bits per heavy atom. The summed E-state index contributed by atoms with van der Waals surface area (Å²) in [6.07, 6.45) is 1.32. The number of hydrogen-bond donors (Lipinski definition) is 2. The predicted octanol–water partition coefficient (Wildman–Crippen LogP) is 1.75. The van der Waals surface area contributed by atoms with Crippen LogP contribution in [0.25, 0.3) is 0 Å². The number of nitrogens with one attached hydrogen (secondary N) is 1.